The van der Waals surface area contributed by atoms with E-state index in [0.29, 0.717) is 32.4 Å². The molecule has 0 atom stereocenters. The number of hydrogen-bond donors (Lipinski definition) is 0. The summed E-state index contributed by atoms with van der Waals surface area (Å²) in [6, 6.07) is 7.93. The van der Waals surface area contributed by atoms with Crippen molar-refractivity contribution in [2.24, 2.45) is 0 Å². The molecule has 0 amide bonds. The lowest BCUT2D eigenvalue weighted by molar-refractivity contribution is 0.433. The average Bonchev–Trinajstić information content (AvgIpc) is 3.46. The molecule has 0 fully saturated rings. The molecule has 0 aliphatic rings. The molecule has 0 aliphatic carbocycles. The number of benzene rings is 1. The second-order valence-electron chi connectivity index (χ2n) is 6.55. The number of rotatable bonds is 4. The molecule has 0 saturated heterocycles. The third-order valence-corrected chi connectivity index (χ3v) is 7.04. The van der Waals surface area contributed by atoms with Gasteiger partial charge in [-0.15, -0.1) is 22.7 Å². The van der Waals surface area contributed by atoms with E-state index in [1.165, 1.54) is 45.7 Å². The fraction of sp³-hybridized carbons (Fsp3) is 0.100. The second kappa shape index (κ2) is 7.42. The van der Waals surface area contributed by atoms with E-state index < -0.39 is 5.82 Å². The van der Waals surface area contributed by atoms with Crippen molar-refractivity contribution in [1.82, 2.24) is 19.7 Å². The quantitative estimate of drug-likeness (QED) is 0.361. The Morgan fingerprint density at radius 3 is 2.93 bits per heavy atom. The van der Waals surface area contributed by atoms with Gasteiger partial charge < -0.3 is 4.52 Å². The number of nitrogens with zero attached hydrogens (tertiary/aromatic N) is 4. The molecule has 10 heteroatoms. The first kappa shape index (κ1) is 19.1. The minimum atomic E-state index is -0.426. The lowest BCUT2D eigenvalue weighted by atomic mass is 10.2. The summed E-state index contributed by atoms with van der Waals surface area (Å²) in [5.41, 5.74) is 1.15. The number of aryl methyl sites for hydroxylation is 1. The molecule has 0 N–H and O–H groups in total. The van der Waals surface area contributed by atoms with Gasteiger partial charge in [-0.05, 0) is 41.6 Å². The standard InChI is InChI=1S/C20H12ClFN4O2S2/c1-10-15-19(30-16(10)18-24-17(25-28-18)14-3-2-6-29-14)23-9-26(20(15)27)8-11-4-5-12(22)7-13(11)21/h2-7,9H,8H2,1H3. The van der Waals surface area contributed by atoms with E-state index in [4.69, 9.17) is 16.1 Å². The Morgan fingerprint density at radius 2 is 2.17 bits per heavy atom. The van der Waals surface area contributed by atoms with Gasteiger partial charge >= 0.3 is 0 Å². The van der Waals surface area contributed by atoms with Crippen LogP contribution in [0.2, 0.25) is 5.02 Å². The largest absolute Gasteiger partial charge is 0.333 e. The maximum absolute atomic E-state index is 13.3. The van der Waals surface area contributed by atoms with Crippen LogP contribution >= 0.6 is 34.3 Å². The predicted octanol–water partition coefficient (Wildman–Crippen LogP) is 5.39. The maximum Gasteiger partial charge on any atom is 0.268 e. The van der Waals surface area contributed by atoms with Gasteiger partial charge in [-0.2, -0.15) is 4.98 Å². The van der Waals surface area contributed by atoms with Crippen LogP contribution in [0.3, 0.4) is 0 Å². The van der Waals surface area contributed by atoms with Gasteiger partial charge in [-0.1, -0.05) is 28.9 Å². The fourth-order valence-corrected chi connectivity index (χ4v) is 5.07. The summed E-state index contributed by atoms with van der Waals surface area (Å²) in [5, 5.41) is 6.73. The highest BCUT2D eigenvalue weighted by atomic mass is 35.5. The van der Waals surface area contributed by atoms with Crippen LogP contribution < -0.4 is 5.56 Å². The number of hydrogen-bond acceptors (Lipinski definition) is 7. The first-order valence-corrected chi connectivity index (χ1v) is 10.9. The zero-order valence-electron chi connectivity index (χ0n) is 15.4. The van der Waals surface area contributed by atoms with Gasteiger partial charge in [0.15, 0.2) is 0 Å². The molecule has 5 aromatic rings. The van der Waals surface area contributed by atoms with E-state index in [1.54, 1.807) is 6.07 Å². The SMILES string of the molecule is Cc1c(-c2nc(-c3cccs3)no2)sc2ncn(Cc3ccc(F)cc3Cl)c(=O)c12. The van der Waals surface area contributed by atoms with Crippen molar-refractivity contribution in [2.75, 3.05) is 0 Å². The summed E-state index contributed by atoms with van der Waals surface area (Å²) in [5.74, 6) is 0.434. The first-order chi connectivity index (χ1) is 14.5. The Morgan fingerprint density at radius 1 is 1.30 bits per heavy atom. The molecule has 0 saturated carbocycles. The van der Waals surface area contributed by atoms with Crippen molar-refractivity contribution in [1.29, 1.82) is 0 Å². The summed E-state index contributed by atoms with van der Waals surface area (Å²) in [4.78, 5) is 24.2. The van der Waals surface area contributed by atoms with Crippen molar-refractivity contribution >= 4 is 44.5 Å². The van der Waals surface area contributed by atoms with Gasteiger partial charge in [0.05, 0.1) is 28.0 Å². The average molecular weight is 459 g/mol. The van der Waals surface area contributed by atoms with Gasteiger partial charge in [0.2, 0.25) is 5.82 Å². The molecule has 6 nitrogen and oxygen atoms in total. The zero-order chi connectivity index (χ0) is 20.8. The summed E-state index contributed by atoms with van der Waals surface area (Å²) < 4.78 is 20.2. The Balaban J connectivity index is 1.56. The number of thiophene rings is 2. The normalized spacial score (nSPS) is 11.4. The number of fused-ring (bicyclic) bond motifs is 1. The molecule has 0 bridgehead atoms. The summed E-state index contributed by atoms with van der Waals surface area (Å²) in [6.07, 6.45) is 1.47. The fourth-order valence-electron chi connectivity index (χ4n) is 3.13. The molecule has 4 aromatic heterocycles. The van der Waals surface area contributed by atoms with Crippen LogP contribution in [0.15, 0.2) is 51.4 Å². The predicted molar refractivity (Wildman–Crippen MR) is 116 cm³/mol. The molecule has 150 valence electrons. The number of halogens is 2. The topological polar surface area (TPSA) is 73.8 Å². The van der Waals surface area contributed by atoms with Crippen LogP contribution in [0.4, 0.5) is 4.39 Å². The molecule has 5 rings (SSSR count). The molecule has 30 heavy (non-hydrogen) atoms. The molecule has 0 radical (unpaired) electrons. The molecule has 0 aliphatic heterocycles. The molecule has 0 spiro atoms. The molecular formula is C20H12ClFN4O2S2. The summed E-state index contributed by atoms with van der Waals surface area (Å²) >= 11 is 8.96. The van der Waals surface area contributed by atoms with Gasteiger partial charge in [0.25, 0.3) is 11.4 Å². The van der Waals surface area contributed by atoms with E-state index in [-0.39, 0.29) is 17.1 Å². The Hall–Kier alpha value is -2.88. The van der Waals surface area contributed by atoms with Crippen LogP contribution in [0.5, 0.6) is 0 Å². The van der Waals surface area contributed by atoms with Crippen LogP contribution in [0.1, 0.15) is 11.1 Å². The van der Waals surface area contributed by atoms with Crippen molar-refractivity contribution in [3.05, 3.63) is 74.4 Å². The molecule has 4 heterocycles. The third-order valence-electron chi connectivity index (χ3n) is 4.63. The van der Waals surface area contributed by atoms with Crippen LogP contribution in [0.25, 0.3) is 31.7 Å². The van der Waals surface area contributed by atoms with Crippen molar-refractivity contribution < 1.29 is 8.91 Å². The highest BCUT2D eigenvalue weighted by Crippen LogP contribution is 2.36. The minimum absolute atomic E-state index is 0.189. The zero-order valence-corrected chi connectivity index (χ0v) is 17.8. The third kappa shape index (κ3) is 3.24. The van der Waals surface area contributed by atoms with Crippen molar-refractivity contribution in [3.63, 3.8) is 0 Å². The lowest BCUT2D eigenvalue weighted by Crippen LogP contribution is -2.21. The van der Waals surface area contributed by atoms with E-state index in [9.17, 15) is 9.18 Å². The van der Waals surface area contributed by atoms with E-state index in [0.717, 1.165) is 10.4 Å². The molecule has 1 aromatic carbocycles. The van der Waals surface area contributed by atoms with E-state index in [2.05, 4.69) is 15.1 Å². The van der Waals surface area contributed by atoms with Crippen molar-refractivity contribution in [3.8, 4) is 21.5 Å². The Kier molecular flexibility index (Phi) is 4.73. The monoisotopic (exact) mass is 458 g/mol. The lowest BCUT2D eigenvalue weighted by Gasteiger charge is -2.07. The Labute approximate surface area is 182 Å². The van der Waals surface area contributed by atoms with Crippen LogP contribution in [-0.2, 0) is 6.54 Å². The van der Waals surface area contributed by atoms with Gasteiger partial charge in [0.1, 0.15) is 10.6 Å². The number of aromatic nitrogens is 4. The maximum atomic E-state index is 13.3. The summed E-state index contributed by atoms with van der Waals surface area (Å²) in [6.45, 7) is 2.02. The molecular weight excluding hydrogens is 447 g/mol. The van der Waals surface area contributed by atoms with Crippen LogP contribution in [0, 0.1) is 12.7 Å². The van der Waals surface area contributed by atoms with Gasteiger partial charge in [0, 0.05) is 5.02 Å². The smallest absolute Gasteiger partial charge is 0.268 e. The van der Waals surface area contributed by atoms with Gasteiger partial charge in [-0.25, -0.2) is 9.37 Å². The van der Waals surface area contributed by atoms with E-state index in [1.807, 2.05) is 24.4 Å². The highest BCUT2D eigenvalue weighted by Gasteiger charge is 2.21. The van der Waals surface area contributed by atoms with Crippen LogP contribution in [-0.4, -0.2) is 19.7 Å². The minimum Gasteiger partial charge on any atom is -0.333 e. The second-order valence-corrected chi connectivity index (χ2v) is 8.90. The first-order valence-electron chi connectivity index (χ1n) is 8.81. The van der Waals surface area contributed by atoms with Crippen molar-refractivity contribution in [2.45, 2.75) is 13.5 Å². The highest BCUT2D eigenvalue weighted by molar-refractivity contribution is 7.22. The van der Waals surface area contributed by atoms with Gasteiger partial charge in [-0.3, -0.25) is 9.36 Å². The summed E-state index contributed by atoms with van der Waals surface area (Å²) in [7, 11) is 0. The van der Waals surface area contributed by atoms with E-state index >= 15 is 0 Å². The Bertz CT molecular complexity index is 1440. The molecule has 0 unspecified atom stereocenters.